The number of aromatic carboxylic acids is 2. The number of ketones is 1. The molecule has 0 heterocycles. The maximum atomic E-state index is 12.5. The summed E-state index contributed by atoms with van der Waals surface area (Å²) in [4.78, 5) is 34.9. The Labute approximate surface area is 123 Å². The van der Waals surface area contributed by atoms with E-state index in [0.717, 1.165) is 30.3 Å². The van der Waals surface area contributed by atoms with Crippen molar-refractivity contribution in [1.82, 2.24) is 0 Å². The van der Waals surface area contributed by atoms with Crippen LogP contribution in [0.2, 0.25) is 0 Å². The normalized spacial score (nSPS) is 10.2. The molecule has 2 rings (SSSR count). The Morgan fingerprint density at radius 2 is 1.32 bits per heavy atom. The van der Waals surface area contributed by atoms with Crippen molar-refractivity contribution in [2.75, 3.05) is 0 Å². The molecule has 0 saturated heterocycles. The number of rotatable bonds is 4. The van der Waals surface area contributed by atoms with Crippen molar-refractivity contribution >= 4 is 17.7 Å². The van der Waals surface area contributed by atoms with Gasteiger partial charge in [-0.25, -0.2) is 9.59 Å². The van der Waals surface area contributed by atoms with Gasteiger partial charge in [0.25, 0.3) is 0 Å². The van der Waals surface area contributed by atoms with Crippen LogP contribution in [-0.4, -0.2) is 38.1 Å². The van der Waals surface area contributed by atoms with Gasteiger partial charge in [-0.15, -0.1) is 0 Å². The highest BCUT2D eigenvalue weighted by Gasteiger charge is 2.26. The summed E-state index contributed by atoms with van der Waals surface area (Å²) in [5.41, 5.74) is -1.83. The standard InChI is InChI=1S/C15H10O7/c16-7-4-5-8(11(17)6-7)13(18)12-9(14(19)20)2-1-3-10(12)15(21)22/h1-6,16-17H,(H,19,20)(H,21,22). The number of phenols is 2. The van der Waals surface area contributed by atoms with E-state index in [2.05, 4.69) is 0 Å². The van der Waals surface area contributed by atoms with Gasteiger partial charge in [0, 0.05) is 6.07 Å². The summed E-state index contributed by atoms with van der Waals surface area (Å²) in [7, 11) is 0. The first-order valence-electron chi connectivity index (χ1n) is 5.99. The van der Waals surface area contributed by atoms with Gasteiger partial charge in [-0.05, 0) is 24.3 Å². The van der Waals surface area contributed by atoms with Crippen molar-refractivity contribution in [2.45, 2.75) is 0 Å². The van der Waals surface area contributed by atoms with E-state index in [4.69, 9.17) is 10.2 Å². The zero-order valence-corrected chi connectivity index (χ0v) is 11.0. The van der Waals surface area contributed by atoms with E-state index in [0.29, 0.717) is 0 Å². The third-order valence-corrected chi connectivity index (χ3v) is 2.98. The third kappa shape index (κ3) is 2.59. The summed E-state index contributed by atoms with van der Waals surface area (Å²) in [5.74, 6) is -4.78. The van der Waals surface area contributed by atoms with Crippen molar-refractivity contribution in [1.29, 1.82) is 0 Å². The second kappa shape index (κ2) is 5.57. The SMILES string of the molecule is O=C(O)c1cccc(C(=O)O)c1C(=O)c1ccc(O)cc1O. The van der Waals surface area contributed by atoms with Crippen LogP contribution >= 0.6 is 0 Å². The molecular weight excluding hydrogens is 292 g/mol. The molecule has 112 valence electrons. The minimum Gasteiger partial charge on any atom is -0.508 e. The van der Waals surface area contributed by atoms with Crippen molar-refractivity contribution in [3.63, 3.8) is 0 Å². The van der Waals surface area contributed by atoms with Gasteiger partial charge in [-0.3, -0.25) is 4.79 Å². The van der Waals surface area contributed by atoms with Gasteiger partial charge in [0.1, 0.15) is 11.5 Å². The van der Waals surface area contributed by atoms with Crippen LogP contribution in [0.3, 0.4) is 0 Å². The molecule has 0 spiro atoms. The summed E-state index contributed by atoms with van der Waals surface area (Å²) in [5, 5.41) is 37.2. The molecule has 0 fully saturated rings. The quantitative estimate of drug-likeness (QED) is 0.632. The highest BCUT2D eigenvalue weighted by atomic mass is 16.4. The largest absolute Gasteiger partial charge is 0.508 e. The second-order valence-corrected chi connectivity index (χ2v) is 4.37. The fourth-order valence-corrected chi connectivity index (χ4v) is 2.00. The topological polar surface area (TPSA) is 132 Å². The fraction of sp³-hybridized carbons (Fsp3) is 0. The van der Waals surface area contributed by atoms with Crippen LogP contribution in [0.4, 0.5) is 0 Å². The Morgan fingerprint density at radius 1 is 0.773 bits per heavy atom. The number of hydrogen-bond donors (Lipinski definition) is 4. The monoisotopic (exact) mass is 302 g/mol. The summed E-state index contributed by atoms with van der Waals surface area (Å²) in [6, 6.07) is 6.50. The van der Waals surface area contributed by atoms with Crippen LogP contribution in [0.1, 0.15) is 36.6 Å². The lowest BCUT2D eigenvalue weighted by molar-refractivity contribution is 0.0689. The van der Waals surface area contributed by atoms with Crippen LogP contribution in [0.15, 0.2) is 36.4 Å². The van der Waals surface area contributed by atoms with Gasteiger partial charge in [0.05, 0.1) is 22.3 Å². The van der Waals surface area contributed by atoms with Crippen molar-refractivity contribution in [3.05, 3.63) is 58.7 Å². The van der Waals surface area contributed by atoms with Crippen LogP contribution < -0.4 is 0 Å². The summed E-state index contributed by atoms with van der Waals surface area (Å²) in [6.07, 6.45) is 0. The molecule has 0 bridgehead atoms. The zero-order valence-electron chi connectivity index (χ0n) is 11.0. The van der Waals surface area contributed by atoms with Crippen LogP contribution in [0.5, 0.6) is 11.5 Å². The van der Waals surface area contributed by atoms with Gasteiger partial charge in [0.2, 0.25) is 0 Å². The molecule has 7 heteroatoms. The van der Waals surface area contributed by atoms with Gasteiger partial charge >= 0.3 is 11.9 Å². The Hall–Kier alpha value is -3.35. The molecule has 0 aliphatic rings. The Balaban J connectivity index is 2.72. The molecule has 0 saturated carbocycles. The highest BCUT2D eigenvalue weighted by molar-refractivity contribution is 6.19. The van der Waals surface area contributed by atoms with Crippen LogP contribution in [0, 0.1) is 0 Å². The molecule has 22 heavy (non-hydrogen) atoms. The second-order valence-electron chi connectivity index (χ2n) is 4.37. The van der Waals surface area contributed by atoms with Crippen molar-refractivity contribution < 1.29 is 34.8 Å². The molecule has 2 aromatic rings. The number of benzene rings is 2. The molecule has 0 radical (unpaired) electrons. The molecule has 0 atom stereocenters. The molecule has 0 amide bonds. The van der Waals surface area contributed by atoms with E-state index in [1.165, 1.54) is 6.07 Å². The number of carboxylic acid groups (broad SMARTS) is 2. The minimum atomic E-state index is -1.47. The van der Waals surface area contributed by atoms with E-state index in [-0.39, 0.29) is 11.3 Å². The predicted molar refractivity (Wildman–Crippen MR) is 73.6 cm³/mol. The number of phenolic OH excluding ortho intramolecular Hbond substituents is 2. The average Bonchev–Trinajstić information content (AvgIpc) is 2.45. The summed E-state index contributed by atoms with van der Waals surface area (Å²) >= 11 is 0. The Morgan fingerprint density at radius 3 is 1.77 bits per heavy atom. The molecule has 7 nitrogen and oxygen atoms in total. The van der Waals surface area contributed by atoms with Gasteiger partial charge in [-0.2, -0.15) is 0 Å². The Kier molecular flexibility index (Phi) is 3.81. The lowest BCUT2D eigenvalue weighted by Crippen LogP contribution is -2.15. The number of carbonyl (C=O) groups excluding carboxylic acids is 1. The molecule has 0 unspecified atom stereocenters. The summed E-state index contributed by atoms with van der Waals surface area (Å²) in [6.45, 7) is 0. The fourth-order valence-electron chi connectivity index (χ4n) is 2.00. The molecule has 0 aliphatic heterocycles. The van der Waals surface area contributed by atoms with Crippen molar-refractivity contribution in [3.8, 4) is 11.5 Å². The Bertz CT molecular complexity index is 760. The van der Waals surface area contributed by atoms with Gasteiger partial charge in [0.15, 0.2) is 5.78 Å². The molecular formula is C15H10O7. The van der Waals surface area contributed by atoms with Crippen LogP contribution in [0.25, 0.3) is 0 Å². The third-order valence-electron chi connectivity index (χ3n) is 2.98. The molecule has 0 aliphatic carbocycles. The molecule has 4 N–H and O–H groups in total. The van der Waals surface area contributed by atoms with E-state index >= 15 is 0 Å². The van der Waals surface area contributed by atoms with Crippen molar-refractivity contribution in [2.24, 2.45) is 0 Å². The smallest absolute Gasteiger partial charge is 0.336 e. The first-order valence-corrected chi connectivity index (χ1v) is 5.99. The predicted octanol–water partition coefficient (Wildman–Crippen LogP) is 1.73. The van der Waals surface area contributed by atoms with Gasteiger partial charge < -0.3 is 20.4 Å². The van der Waals surface area contributed by atoms with Crippen LogP contribution in [-0.2, 0) is 0 Å². The number of hydrogen-bond acceptors (Lipinski definition) is 5. The average molecular weight is 302 g/mol. The highest BCUT2D eigenvalue weighted by Crippen LogP contribution is 2.27. The molecule has 2 aromatic carbocycles. The van der Waals surface area contributed by atoms with Gasteiger partial charge in [-0.1, -0.05) is 6.07 Å². The first kappa shape index (κ1) is 15.0. The van der Waals surface area contributed by atoms with E-state index < -0.39 is 40.2 Å². The number of carbonyl (C=O) groups is 3. The maximum absolute atomic E-state index is 12.5. The lowest BCUT2D eigenvalue weighted by atomic mass is 9.93. The maximum Gasteiger partial charge on any atom is 0.336 e. The van der Waals surface area contributed by atoms with E-state index in [1.807, 2.05) is 0 Å². The first-order chi connectivity index (χ1) is 10.3. The molecule has 0 aromatic heterocycles. The minimum absolute atomic E-state index is 0.293. The number of aromatic hydroxyl groups is 2. The van der Waals surface area contributed by atoms with E-state index in [1.54, 1.807) is 0 Å². The zero-order chi connectivity index (χ0) is 16.4. The lowest BCUT2D eigenvalue weighted by Gasteiger charge is -2.10. The summed E-state index contributed by atoms with van der Waals surface area (Å²) < 4.78 is 0. The van der Waals surface area contributed by atoms with E-state index in [9.17, 15) is 24.6 Å². The number of carboxylic acids is 2.